The standard InChI is InChI=1S/C9H16O/c1-9(2,3)10-8-6-4-7(8)5-6/h6-8H,4-5H2,1-3H3. The SMILES string of the molecule is CC(C)(C)OC1C2CC1C2. The van der Waals surface area contributed by atoms with Crippen LogP contribution in [0.25, 0.3) is 0 Å². The lowest BCUT2D eigenvalue weighted by Crippen LogP contribution is -2.58. The van der Waals surface area contributed by atoms with Crippen LogP contribution in [0.15, 0.2) is 0 Å². The number of rotatable bonds is 1. The van der Waals surface area contributed by atoms with Crippen molar-refractivity contribution in [2.45, 2.75) is 45.3 Å². The molecule has 2 bridgehead atoms. The van der Waals surface area contributed by atoms with E-state index in [0.29, 0.717) is 6.10 Å². The summed E-state index contributed by atoms with van der Waals surface area (Å²) in [6, 6.07) is 0. The van der Waals surface area contributed by atoms with E-state index in [1.54, 1.807) is 0 Å². The van der Waals surface area contributed by atoms with Crippen molar-refractivity contribution in [1.82, 2.24) is 0 Å². The molecule has 0 heterocycles. The van der Waals surface area contributed by atoms with Crippen LogP contribution in [-0.4, -0.2) is 11.7 Å². The highest BCUT2D eigenvalue weighted by atomic mass is 16.5. The molecule has 0 radical (unpaired) electrons. The first-order chi connectivity index (χ1) is 4.56. The second-order valence-corrected chi connectivity index (χ2v) is 4.69. The summed E-state index contributed by atoms with van der Waals surface area (Å²) in [5.74, 6) is 1.87. The average Bonchev–Trinajstić information content (AvgIpc) is 1.51. The predicted molar refractivity (Wildman–Crippen MR) is 40.8 cm³/mol. The molecule has 3 aliphatic rings. The first-order valence-electron chi connectivity index (χ1n) is 4.24. The Morgan fingerprint density at radius 2 is 1.60 bits per heavy atom. The number of ether oxygens (including phenoxy) is 1. The van der Waals surface area contributed by atoms with Gasteiger partial charge >= 0.3 is 0 Å². The van der Waals surface area contributed by atoms with E-state index in [2.05, 4.69) is 20.8 Å². The topological polar surface area (TPSA) is 9.23 Å². The van der Waals surface area contributed by atoms with Gasteiger partial charge in [0.2, 0.25) is 0 Å². The van der Waals surface area contributed by atoms with Gasteiger partial charge in [0, 0.05) is 0 Å². The first-order valence-corrected chi connectivity index (χ1v) is 4.24. The predicted octanol–water partition coefficient (Wildman–Crippen LogP) is 2.21. The first kappa shape index (κ1) is 6.66. The van der Waals surface area contributed by atoms with Gasteiger partial charge in [-0.05, 0) is 45.4 Å². The molecule has 0 aromatic heterocycles. The van der Waals surface area contributed by atoms with Crippen LogP contribution in [0.3, 0.4) is 0 Å². The summed E-state index contributed by atoms with van der Waals surface area (Å²) in [6.07, 6.45) is 3.53. The van der Waals surface area contributed by atoms with Crippen molar-refractivity contribution in [2.24, 2.45) is 11.8 Å². The maximum atomic E-state index is 5.84. The molecule has 1 nitrogen and oxygen atoms in total. The van der Waals surface area contributed by atoms with Crippen molar-refractivity contribution in [3.63, 3.8) is 0 Å². The Hall–Kier alpha value is -0.0400. The van der Waals surface area contributed by atoms with Gasteiger partial charge in [-0.2, -0.15) is 0 Å². The maximum absolute atomic E-state index is 5.84. The van der Waals surface area contributed by atoms with Gasteiger partial charge in [-0.1, -0.05) is 0 Å². The quantitative estimate of drug-likeness (QED) is 0.542. The van der Waals surface area contributed by atoms with Gasteiger partial charge in [-0.3, -0.25) is 0 Å². The van der Waals surface area contributed by atoms with Crippen molar-refractivity contribution in [2.75, 3.05) is 0 Å². The zero-order valence-electron chi connectivity index (χ0n) is 7.05. The molecule has 0 aromatic rings. The molecule has 3 rings (SSSR count). The Morgan fingerprint density at radius 1 is 1.10 bits per heavy atom. The Labute approximate surface area is 62.8 Å². The van der Waals surface area contributed by atoms with Gasteiger partial charge < -0.3 is 4.74 Å². The molecule has 0 aliphatic heterocycles. The van der Waals surface area contributed by atoms with Gasteiger partial charge in [-0.25, -0.2) is 0 Å². The van der Waals surface area contributed by atoms with E-state index in [9.17, 15) is 0 Å². The smallest absolute Gasteiger partial charge is 0.0639 e. The summed E-state index contributed by atoms with van der Waals surface area (Å²) < 4.78 is 5.84. The van der Waals surface area contributed by atoms with Gasteiger partial charge in [-0.15, -0.1) is 0 Å². The van der Waals surface area contributed by atoms with Crippen molar-refractivity contribution in [1.29, 1.82) is 0 Å². The van der Waals surface area contributed by atoms with E-state index in [-0.39, 0.29) is 5.60 Å². The molecular weight excluding hydrogens is 124 g/mol. The zero-order valence-corrected chi connectivity index (χ0v) is 7.05. The van der Waals surface area contributed by atoms with Crippen molar-refractivity contribution < 1.29 is 4.74 Å². The Bertz CT molecular complexity index is 131. The highest BCUT2D eigenvalue weighted by Crippen LogP contribution is 2.56. The third-order valence-corrected chi connectivity index (χ3v) is 2.63. The Balaban J connectivity index is 1.82. The van der Waals surface area contributed by atoms with Crippen molar-refractivity contribution in [3.05, 3.63) is 0 Å². The summed E-state index contributed by atoms with van der Waals surface area (Å²) in [4.78, 5) is 0. The van der Waals surface area contributed by atoms with Crippen LogP contribution in [0.2, 0.25) is 0 Å². The molecule has 10 heavy (non-hydrogen) atoms. The molecule has 58 valence electrons. The lowest BCUT2D eigenvalue weighted by molar-refractivity contribution is -0.227. The van der Waals surface area contributed by atoms with E-state index in [1.807, 2.05) is 0 Å². The van der Waals surface area contributed by atoms with Crippen molar-refractivity contribution in [3.8, 4) is 0 Å². The van der Waals surface area contributed by atoms with Gasteiger partial charge in [0.05, 0.1) is 11.7 Å². The fraction of sp³-hybridized carbons (Fsp3) is 1.00. The molecule has 0 atom stereocenters. The lowest BCUT2D eigenvalue weighted by atomic mass is 9.53. The molecule has 3 saturated carbocycles. The van der Waals surface area contributed by atoms with Crippen LogP contribution in [0.1, 0.15) is 33.6 Å². The summed E-state index contributed by atoms with van der Waals surface area (Å²) in [7, 11) is 0. The third-order valence-electron chi connectivity index (χ3n) is 2.63. The van der Waals surface area contributed by atoms with Crippen LogP contribution in [0.5, 0.6) is 0 Å². The molecule has 3 fully saturated rings. The summed E-state index contributed by atoms with van der Waals surface area (Å²) in [6.45, 7) is 6.43. The molecular formula is C9H16O. The fourth-order valence-electron chi connectivity index (χ4n) is 1.84. The van der Waals surface area contributed by atoms with E-state index in [4.69, 9.17) is 4.74 Å². The zero-order chi connectivity index (χ0) is 7.35. The lowest BCUT2D eigenvalue weighted by Gasteiger charge is -2.59. The van der Waals surface area contributed by atoms with Gasteiger partial charge in [0.1, 0.15) is 0 Å². The molecule has 1 heteroatoms. The van der Waals surface area contributed by atoms with E-state index < -0.39 is 0 Å². The highest BCUT2D eigenvalue weighted by molar-refractivity contribution is 5.03. The molecule has 0 N–H and O–H groups in total. The monoisotopic (exact) mass is 140 g/mol. The molecule has 0 unspecified atom stereocenters. The number of hydrogen-bond acceptors (Lipinski definition) is 1. The minimum absolute atomic E-state index is 0.0853. The fourth-order valence-corrected chi connectivity index (χ4v) is 1.84. The Morgan fingerprint density at radius 3 is 1.70 bits per heavy atom. The normalized spacial score (nSPS) is 44.1. The summed E-state index contributed by atoms with van der Waals surface area (Å²) >= 11 is 0. The molecule has 0 amide bonds. The Kier molecular flexibility index (Phi) is 1.17. The van der Waals surface area contributed by atoms with Crippen LogP contribution >= 0.6 is 0 Å². The van der Waals surface area contributed by atoms with Crippen LogP contribution in [0.4, 0.5) is 0 Å². The van der Waals surface area contributed by atoms with E-state index in [0.717, 1.165) is 11.8 Å². The largest absolute Gasteiger partial charge is 0.372 e. The summed E-state index contributed by atoms with van der Waals surface area (Å²) in [5, 5.41) is 0. The number of hydrogen-bond donors (Lipinski definition) is 0. The van der Waals surface area contributed by atoms with Crippen LogP contribution in [-0.2, 0) is 4.74 Å². The van der Waals surface area contributed by atoms with Crippen LogP contribution in [0, 0.1) is 11.8 Å². The summed E-state index contributed by atoms with van der Waals surface area (Å²) in [5.41, 5.74) is 0.0853. The third kappa shape index (κ3) is 0.878. The van der Waals surface area contributed by atoms with Crippen LogP contribution < -0.4 is 0 Å². The highest BCUT2D eigenvalue weighted by Gasteiger charge is 2.54. The molecule has 3 aliphatic carbocycles. The van der Waals surface area contributed by atoms with E-state index >= 15 is 0 Å². The molecule has 0 aromatic carbocycles. The minimum Gasteiger partial charge on any atom is -0.372 e. The second kappa shape index (κ2) is 1.76. The van der Waals surface area contributed by atoms with Crippen molar-refractivity contribution >= 4 is 0 Å². The second-order valence-electron chi connectivity index (χ2n) is 4.69. The minimum atomic E-state index is 0.0853. The van der Waals surface area contributed by atoms with Gasteiger partial charge in [0.25, 0.3) is 0 Å². The maximum Gasteiger partial charge on any atom is 0.0639 e. The van der Waals surface area contributed by atoms with E-state index in [1.165, 1.54) is 12.8 Å². The van der Waals surface area contributed by atoms with Gasteiger partial charge in [0.15, 0.2) is 0 Å². The molecule has 0 spiro atoms. The molecule has 0 saturated heterocycles. The average molecular weight is 140 g/mol.